The molecule has 13 heteroatoms. The molecule has 1 saturated heterocycles. The van der Waals surface area contributed by atoms with E-state index in [-0.39, 0.29) is 22.3 Å². The van der Waals surface area contributed by atoms with Crippen LogP contribution in [0.3, 0.4) is 0 Å². The molecule has 0 aliphatic carbocycles. The van der Waals surface area contributed by atoms with Gasteiger partial charge in [-0.15, -0.1) is 8.80 Å². The fourth-order valence-corrected chi connectivity index (χ4v) is 6.40. The highest BCUT2D eigenvalue weighted by molar-refractivity contribution is 7.89. The molecule has 0 amide bonds. The second-order valence-electron chi connectivity index (χ2n) is 9.61. The van der Waals surface area contributed by atoms with Crippen molar-refractivity contribution in [3.8, 4) is 5.75 Å². The predicted molar refractivity (Wildman–Crippen MR) is 132 cm³/mol. The number of nitrogens with zero attached hydrogens (tertiary/aromatic N) is 3. The summed E-state index contributed by atoms with van der Waals surface area (Å²) in [6, 6.07) is 7.34. The van der Waals surface area contributed by atoms with Gasteiger partial charge in [-0.3, -0.25) is 0 Å². The van der Waals surface area contributed by atoms with E-state index in [0.717, 1.165) is 12.8 Å². The number of hydrogen-bond acceptors (Lipinski definition) is 8. The lowest BCUT2D eigenvalue weighted by Crippen LogP contribution is -2.41. The summed E-state index contributed by atoms with van der Waals surface area (Å²) in [5, 5.41) is 16.6. The summed E-state index contributed by atoms with van der Waals surface area (Å²) in [4.78, 5) is -0.268. The van der Waals surface area contributed by atoms with Crippen molar-refractivity contribution in [3.05, 3.63) is 41.9 Å². The van der Waals surface area contributed by atoms with E-state index in [4.69, 9.17) is 4.42 Å². The van der Waals surface area contributed by atoms with E-state index in [9.17, 15) is 21.9 Å². The van der Waals surface area contributed by atoms with Gasteiger partial charge >= 0.3 is 10.2 Å². The van der Waals surface area contributed by atoms with Gasteiger partial charge in [-0.2, -0.15) is 12.7 Å². The highest BCUT2D eigenvalue weighted by atomic mass is 32.2. The Balaban J connectivity index is 1.66. The number of para-hydroxylation sites is 1. The van der Waals surface area contributed by atoms with Gasteiger partial charge in [0.25, 0.3) is 0 Å². The van der Waals surface area contributed by atoms with Crippen LogP contribution in [-0.4, -0.2) is 51.0 Å². The third kappa shape index (κ3) is 5.21. The van der Waals surface area contributed by atoms with E-state index in [2.05, 4.69) is 19.4 Å². The zero-order valence-corrected chi connectivity index (χ0v) is 21.6. The summed E-state index contributed by atoms with van der Waals surface area (Å²) in [6.45, 7) is 8.43. The number of phenols is 1. The number of phenolic OH excluding ortho intramolecular Hbond substituents is 1. The second kappa shape index (κ2) is 8.95. The molecule has 3 N–H and O–H groups in total. The van der Waals surface area contributed by atoms with Crippen LogP contribution in [0.4, 0.5) is 5.69 Å². The molecule has 0 spiro atoms. The number of hydrogen-bond donors (Lipinski definition) is 3. The van der Waals surface area contributed by atoms with Crippen molar-refractivity contribution in [1.82, 2.24) is 9.62 Å². The van der Waals surface area contributed by atoms with Gasteiger partial charge in [-0.1, -0.05) is 26.8 Å². The maximum atomic E-state index is 13.0. The number of aryl methyl sites for hydroxylation is 1. The van der Waals surface area contributed by atoms with E-state index in [1.54, 1.807) is 19.1 Å². The van der Waals surface area contributed by atoms with E-state index >= 15 is 0 Å². The monoisotopic (exact) mass is 523 g/mol. The molecule has 1 fully saturated rings. The highest BCUT2D eigenvalue weighted by Gasteiger charge is 2.35. The van der Waals surface area contributed by atoms with Gasteiger partial charge < -0.3 is 20.2 Å². The number of sulfonamides is 1. The van der Waals surface area contributed by atoms with Gasteiger partial charge in [0.15, 0.2) is 17.4 Å². The normalized spacial score (nSPS) is 19.3. The molecule has 1 aromatic heterocycles. The number of nitrogens with one attached hydrogen (secondary N) is 2. The van der Waals surface area contributed by atoms with Crippen molar-refractivity contribution >= 4 is 37.6 Å². The number of furan rings is 1. The summed E-state index contributed by atoms with van der Waals surface area (Å²) < 4.78 is 64.9. The average molecular weight is 524 g/mol. The van der Waals surface area contributed by atoms with Gasteiger partial charge in [0.1, 0.15) is 16.4 Å². The first-order valence-corrected chi connectivity index (χ1v) is 14.0. The van der Waals surface area contributed by atoms with Gasteiger partial charge in [0, 0.05) is 13.1 Å². The van der Waals surface area contributed by atoms with Crippen LogP contribution in [0.5, 0.6) is 5.75 Å². The molecule has 11 nitrogen and oxygen atoms in total. The molecule has 190 valence electrons. The minimum atomic E-state index is -4.19. The Labute approximate surface area is 205 Å². The number of amidine groups is 2. The Morgan fingerprint density at radius 3 is 2.34 bits per heavy atom. The fourth-order valence-electron chi connectivity index (χ4n) is 4.00. The third-order valence-corrected chi connectivity index (χ3v) is 8.52. The average Bonchev–Trinajstić information content (AvgIpc) is 3.47. The molecule has 35 heavy (non-hydrogen) atoms. The standard InChI is InChI=1S/C22H29N5O6S2/c1-14-10-11-16(33-14)19(22(2,3)4)24-21-20(25-35(31,32)26-21)23-15-8-7-9-17(18(15)28)34(29,30)27-12-5-6-13-27/h7-11,19,28H,5-6,12-13H2,1-4H3,(H,23,25)(H,24,26)/t19-/m0/s1. The van der Waals surface area contributed by atoms with Gasteiger partial charge in [-0.25, -0.2) is 8.42 Å². The lowest BCUT2D eigenvalue weighted by atomic mass is 9.85. The molecule has 0 saturated carbocycles. The second-order valence-corrected chi connectivity index (χ2v) is 12.8. The Bertz CT molecular complexity index is 1400. The van der Waals surface area contributed by atoms with Crippen LogP contribution in [0.1, 0.15) is 51.2 Å². The van der Waals surface area contributed by atoms with Crippen molar-refractivity contribution in [3.63, 3.8) is 0 Å². The summed E-state index contributed by atoms with van der Waals surface area (Å²) in [5.41, 5.74) is -0.423. The third-order valence-electron chi connectivity index (χ3n) is 5.77. The predicted octanol–water partition coefficient (Wildman–Crippen LogP) is 2.92. The highest BCUT2D eigenvalue weighted by Crippen LogP contribution is 2.36. The molecule has 0 unspecified atom stereocenters. The molecule has 2 aromatic rings. The SMILES string of the molecule is Cc1ccc([C@H](NC2=NS(=O)(=O)N=C2Nc2cccc(S(=O)(=O)N3CCCC3)c2O)C(C)(C)C)o1. The van der Waals surface area contributed by atoms with Crippen LogP contribution >= 0.6 is 0 Å². The molecule has 2 aliphatic rings. The topological polar surface area (TPSA) is 154 Å². The molecular weight excluding hydrogens is 494 g/mol. The molecule has 0 radical (unpaired) electrons. The van der Waals surface area contributed by atoms with Gasteiger partial charge in [-0.05, 0) is 49.4 Å². The van der Waals surface area contributed by atoms with Crippen LogP contribution < -0.4 is 10.6 Å². The zero-order chi connectivity index (χ0) is 25.6. The quantitative estimate of drug-likeness (QED) is 0.506. The molecule has 2 aliphatic heterocycles. The molecule has 0 bridgehead atoms. The summed E-state index contributed by atoms with van der Waals surface area (Å²) in [7, 11) is -8.09. The fraction of sp³-hybridized carbons (Fsp3) is 0.455. The smallest absolute Gasteiger partial charge is 0.367 e. The summed E-state index contributed by atoms with van der Waals surface area (Å²) in [6.07, 6.45) is 1.50. The van der Waals surface area contributed by atoms with Crippen molar-refractivity contribution in [2.24, 2.45) is 14.2 Å². The summed E-state index contributed by atoms with van der Waals surface area (Å²) in [5.74, 6) is 0.507. The van der Waals surface area contributed by atoms with Crippen molar-refractivity contribution in [1.29, 1.82) is 0 Å². The van der Waals surface area contributed by atoms with Crippen LogP contribution in [0, 0.1) is 12.3 Å². The minimum absolute atomic E-state index is 0.0169. The van der Waals surface area contributed by atoms with Crippen LogP contribution in [0.2, 0.25) is 0 Å². The van der Waals surface area contributed by atoms with Crippen LogP contribution in [0.25, 0.3) is 0 Å². The summed E-state index contributed by atoms with van der Waals surface area (Å²) >= 11 is 0. The molecule has 1 atom stereocenters. The van der Waals surface area contributed by atoms with Gasteiger partial charge in [0.2, 0.25) is 10.0 Å². The first kappa shape index (κ1) is 25.2. The zero-order valence-electron chi connectivity index (χ0n) is 19.9. The lowest BCUT2D eigenvalue weighted by Gasteiger charge is -2.30. The molecule has 3 heterocycles. The molecule has 4 rings (SSSR count). The van der Waals surface area contributed by atoms with E-state index in [1.807, 2.05) is 20.8 Å². The lowest BCUT2D eigenvalue weighted by molar-refractivity contribution is 0.261. The van der Waals surface area contributed by atoms with Crippen molar-refractivity contribution in [2.75, 3.05) is 18.4 Å². The van der Waals surface area contributed by atoms with E-state index < -0.39 is 37.4 Å². The molecular formula is C22H29N5O6S2. The Hall–Kier alpha value is -2.90. The van der Waals surface area contributed by atoms with Gasteiger partial charge in [0.05, 0.1) is 11.7 Å². The largest absolute Gasteiger partial charge is 0.504 e. The van der Waals surface area contributed by atoms with Crippen molar-refractivity contribution in [2.45, 2.75) is 51.5 Å². The van der Waals surface area contributed by atoms with Crippen LogP contribution in [-0.2, 0) is 20.2 Å². The first-order chi connectivity index (χ1) is 16.3. The number of benzene rings is 1. The van der Waals surface area contributed by atoms with E-state index in [1.165, 1.54) is 22.5 Å². The molecule has 1 aromatic carbocycles. The van der Waals surface area contributed by atoms with Crippen LogP contribution in [0.15, 0.2) is 48.4 Å². The Morgan fingerprint density at radius 1 is 1.09 bits per heavy atom. The van der Waals surface area contributed by atoms with Crippen molar-refractivity contribution < 1.29 is 26.4 Å². The number of aromatic hydroxyl groups is 1. The number of rotatable bonds is 5. The van der Waals surface area contributed by atoms with E-state index in [0.29, 0.717) is 24.6 Å². The minimum Gasteiger partial charge on any atom is -0.504 e. The maximum Gasteiger partial charge on any atom is 0.367 e. The number of anilines is 1. The maximum absolute atomic E-state index is 13.0. The Morgan fingerprint density at radius 2 is 1.74 bits per heavy atom. The first-order valence-electron chi connectivity index (χ1n) is 11.2. The Kier molecular flexibility index (Phi) is 6.45.